The molecular weight excluding hydrogens is 307 g/mol. The van der Waals surface area contributed by atoms with Crippen molar-refractivity contribution in [3.05, 3.63) is 35.1 Å². The van der Waals surface area contributed by atoms with Gasteiger partial charge in [0.05, 0.1) is 6.10 Å². The Morgan fingerprint density at radius 1 is 1.46 bits per heavy atom. The van der Waals surface area contributed by atoms with Gasteiger partial charge in [-0.25, -0.2) is 4.39 Å². The minimum atomic E-state index is -0.879. The first kappa shape index (κ1) is 17.4. The van der Waals surface area contributed by atoms with E-state index in [2.05, 4.69) is 5.32 Å². The molecule has 1 aromatic carbocycles. The summed E-state index contributed by atoms with van der Waals surface area (Å²) < 4.78 is 19.0. The van der Waals surface area contributed by atoms with Crippen LogP contribution in [0.1, 0.15) is 37.8 Å². The van der Waals surface area contributed by atoms with E-state index >= 15 is 0 Å². The van der Waals surface area contributed by atoms with E-state index in [9.17, 15) is 9.18 Å². The number of ether oxygens (including phenoxy) is 1. The van der Waals surface area contributed by atoms with Gasteiger partial charge in [-0.15, -0.1) is 0 Å². The third kappa shape index (κ3) is 2.54. The highest BCUT2D eigenvalue weighted by molar-refractivity contribution is 5.89. The average molecular weight is 334 g/mol. The Bertz CT molecular complexity index is 646. The van der Waals surface area contributed by atoms with Crippen LogP contribution in [0.5, 0.6) is 0 Å². The quantitative estimate of drug-likeness (QED) is 0.888. The molecule has 1 amide bonds. The molecule has 24 heavy (non-hydrogen) atoms. The van der Waals surface area contributed by atoms with E-state index in [0.717, 1.165) is 30.6 Å². The normalized spacial score (nSPS) is 31.0. The van der Waals surface area contributed by atoms with Crippen LogP contribution in [0.2, 0.25) is 0 Å². The van der Waals surface area contributed by atoms with Gasteiger partial charge in [0.15, 0.2) is 0 Å². The maximum absolute atomic E-state index is 13.2. The SMILES string of the molecule is Cc1cc(F)ccc1CCNC(=O)C1(N)C2CCCOC2C1(C)C. The summed E-state index contributed by atoms with van der Waals surface area (Å²) in [7, 11) is 0. The lowest BCUT2D eigenvalue weighted by atomic mass is 9.46. The van der Waals surface area contributed by atoms with Crippen LogP contribution in [0.15, 0.2) is 18.2 Å². The number of rotatable bonds is 4. The molecule has 5 heteroatoms. The number of nitrogens with one attached hydrogen (secondary N) is 1. The highest BCUT2D eigenvalue weighted by Gasteiger charge is 2.70. The van der Waals surface area contributed by atoms with Crippen molar-refractivity contribution in [3.63, 3.8) is 0 Å². The van der Waals surface area contributed by atoms with E-state index in [1.165, 1.54) is 12.1 Å². The Hall–Kier alpha value is -1.46. The Morgan fingerprint density at radius 2 is 2.21 bits per heavy atom. The average Bonchev–Trinajstić information content (AvgIpc) is 2.55. The van der Waals surface area contributed by atoms with Gasteiger partial charge in [-0.3, -0.25) is 4.79 Å². The van der Waals surface area contributed by atoms with Crippen LogP contribution in [0.25, 0.3) is 0 Å². The Kier molecular flexibility index (Phi) is 4.43. The molecule has 2 fully saturated rings. The number of aryl methyl sites for hydroxylation is 1. The Labute approximate surface area is 142 Å². The van der Waals surface area contributed by atoms with Crippen molar-refractivity contribution in [3.8, 4) is 0 Å². The van der Waals surface area contributed by atoms with Gasteiger partial charge in [0.1, 0.15) is 11.4 Å². The molecule has 3 N–H and O–H groups in total. The maximum atomic E-state index is 13.2. The molecular formula is C19H27FN2O2. The first-order valence-corrected chi connectivity index (χ1v) is 8.72. The molecule has 3 atom stereocenters. The van der Waals surface area contributed by atoms with E-state index in [1.807, 2.05) is 20.8 Å². The fourth-order valence-corrected chi connectivity index (χ4v) is 4.43. The van der Waals surface area contributed by atoms with E-state index < -0.39 is 5.54 Å². The number of hydrogen-bond acceptors (Lipinski definition) is 3. The van der Waals surface area contributed by atoms with Crippen molar-refractivity contribution in [1.82, 2.24) is 5.32 Å². The smallest absolute Gasteiger partial charge is 0.241 e. The van der Waals surface area contributed by atoms with Crippen molar-refractivity contribution >= 4 is 5.91 Å². The summed E-state index contributed by atoms with van der Waals surface area (Å²) in [5, 5.41) is 2.99. The number of halogens is 1. The van der Waals surface area contributed by atoms with Crippen LogP contribution in [-0.4, -0.2) is 30.7 Å². The van der Waals surface area contributed by atoms with Crippen molar-refractivity contribution in [2.24, 2.45) is 17.1 Å². The van der Waals surface area contributed by atoms with Gasteiger partial charge in [0, 0.05) is 24.5 Å². The first-order valence-electron chi connectivity index (χ1n) is 8.72. The fourth-order valence-electron chi connectivity index (χ4n) is 4.43. The van der Waals surface area contributed by atoms with Crippen LogP contribution in [0.4, 0.5) is 4.39 Å². The fraction of sp³-hybridized carbons (Fsp3) is 0.632. The standard InChI is InChI=1S/C19H27FN2O2/c1-12-11-14(20)7-6-13(12)8-9-22-17(23)19(21)15-5-4-10-24-16(15)18(19,2)3/h6-7,11,15-16H,4-5,8-10,21H2,1-3H3,(H,22,23). The van der Waals surface area contributed by atoms with Crippen molar-refractivity contribution in [2.45, 2.75) is 51.7 Å². The van der Waals surface area contributed by atoms with Crippen molar-refractivity contribution in [1.29, 1.82) is 0 Å². The van der Waals surface area contributed by atoms with Crippen LogP contribution in [0.3, 0.4) is 0 Å². The molecule has 3 rings (SSSR count). The lowest BCUT2D eigenvalue weighted by molar-refractivity contribution is -0.225. The second kappa shape index (κ2) is 6.12. The molecule has 0 spiro atoms. The van der Waals surface area contributed by atoms with Gasteiger partial charge in [-0.1, -0.05) is 19.9 Å². The molecule has 3 unspecified atom stereocenters. The topological polar surface area (TPSA) is 64.4 Å². The first-order chi connectivity index (χ1) is 11.3. The molecule has 0 radical (unpaired) electrons. The number of fused-ring (bicyclic) bond motifs is 1. The molecule has 4 nitrogen and oxygen atoms in total. The van der Waals surface area contributed by atoms with Gasteiger partial charge >= 0.3 is 0 Å². The summed E-state index contributed by atoms with van der Waals surface area (Å²) in [6, 6.07) is 4.74. The Morgan fingerprint density at radius 3 is 2.92 bits per heavy atom. The maximum Gasteiger partial charge on any atom is 0.241 e. The molecule has 1 heterocycles. The summed E-state index contributed by atoms with van der Waals surface area (Å²) in [6.45, 7) is 7.17. The van der Waals surface area contributed by atoms with Crippen LogP contribution < -0.4 is 11.1 Å². The monoisotopic (exact) mass is 334 g/mol. The summed E-state index contributed by atoms with van der Waals surface area (Å²) in [5.41, 5.74) is 7.26. The van der Waals surface area contributed by atoms with E-state index in [0.29, 0.717) is 13.0 Å². The summed E-state index contributed by atoms with van der Waals surface area (Å²) in [6.07, 6.45) is 2.63. The number of nitrogens with two attached hydrogens (primary N) is 1. The highest BCUT2D eigenvalue weighted by atomic mass is 19.1. The zero-order valence-corrected chi connectivity index (χ0v) is 14.7. The number of hydrogen-bond donors (Lipinski definition) is 2. The van der Waals surface area contributed by atoms with E-state index in [4.69, 9.17) is 10.5 Å². The van der Waals surface area contributed by atoms with Crippen LogP contribution in [0, 0.1) is 24.1 Å². The van der Waals surface area contributed by atoms with Crippen molar-refractivity contribution in [2.75, 3.05) is 13.2 Å². The third-order valence-electron chi connectivity index (χ3n) is 6.04. The lowest BCUT2D eigenvalue weighted by Crippen LogP contribution is -2.82. The Balaban J connectivity index is 1.62. The number of amides is 1. The molecule has 1 aliphatic heterocycles. The molecule has 0 aromatic heterocycles. The van der Waals surface area contributed by atoms with Crippen molar-refractivity contribution < 1.29 is 13.9 Å². The molecule has 1 aliphatic carbocycles. The summed E-state index contributed by atoms with van der Waals surface area (Å²) >= 11 is 0. The van der Waals surface area contributed by atoms with Gasteiger partial charge in [0.25, 0.3) is 0 Å². The molecule has 1 saturated heterocycles. The number of carbonyl (C=O) groups excluding carboxylic acids is 1. The van der Waals surface area contributed by atoms with Gasteiger partial charge < -0.3 is 15.8 Å². The second-order valence-electron chi connectivity index (χ2n) is 7.71. The van der Waals surface area contributed by atoms with E-state index in [-0.39, 0.29) is 29.2 Å². The van der Waals surface area contributed by atoms with E-state index in [1.54, 1.807) is 6.07 Å². The molecule has 2 aliphatic rings. The zero-order valence-electron chi connectivity index (χ0n) is 14.7. The highest BCUT2D eigenvalue weighted by Crippen LogP contribution is 2.57. The summed E-state index contributed by atoms with van der Waals surface area (Å²) in [5.74, 6) is -0.242. The number of carbonyl (C=O) groups is 1. The molecule has 1 aromatic rings. The van der Waals surface area contributed by atoms with Gasteiger partial charge in [-0.2, -0.15) is 0 Å². The minimum Gasteiger partial charge on any atom is -0.377 e. The summed E-state index contributed by atoms with van der Waals surface area (Å²) in [4.78, 5) is 12.8. The van der Waals surface area contributed by atoms with Crippen LogP contribution in [-0.2, 0) is 16.0 Å². The lowest BCUT2D eigenvalue weighted by Gasteiger charge is -2.65. The second-order valence-corrected chi connectivity index (χ2v) is 7.71. The molecule has 1 saturated carbocycles. The molecule has 0 bridgehead atoms. The van der Waals surface area contributed by atoms with Gasteiger partial charge in [0.2, 0.25) is 5.91 Å². The minimum absolute atomic E-state index is 0.0707. The predicted molar refractivity (Wildman–Crippen MR) is 91.0 cm³/mol. The third-order valence-corrected chi connectivity index (χ3v) is 6.04. The van der Waals surface area contributed by atoms with Gasteiger partial charge in [-0.05, 0) is 49.4 Å². The van der Waals surface area contributed by atoms with Crippen LogP contribution >= 0.6 is 0 Å². The predicted octanol–water partition coefficient (Wildman–Crippen LogP) is 2.33. The zero-order chi connectivity index (χ0) is 17.5. The number of benzene rings is 1. The molecule has 132 valence electrons. The largest absolute Gasteiger partial charge is 0.377 e.